The molecule has 2 aromatic rings. The fourth-order valence-electron chi connectivity index (χ4n) is 1.74. The van der Waals surface area contributed by atoms with E-state index in [0.717, 1.165) is 23.7 Å². The molecular formula is C15H22N4O. The van der Waals surface area contributed by atoms with E-state index in [2.05, 4.69) is 42.2 Å². The number of aromatic nitrogens is 3. The molecule has 0 spiro atoms. The zero-order chi connectivity index (χ0) is 14.6. The minimum atomic E-state index is 0.0801. The van der Waals surface area contributed by atoms with E-state index in [1.54, 1.807) is 4.68 Å². The lowest BCUT2D eigenvalue weighted by Gasteiger charge is -2.21. The van der Waals surface area contributed by atoms with Crippen molar-refractivity contribution in [3.05, 3.63) is 42.0 Å². The molecule has 20 heavy (non-hydrogen) atoms. The van der Waals surface area contributed by atoms with Crippen molar-refractivity contribution in [3.63, 3.8) is 0 Å². The second-order valence-corrected chi connectivity index (χ2v) is 5.80. The van der Waals surface area contributed by atoms with Crippen LogP contribution in [0.3, 0.4) is 0 Å². The van der Waals surface area contributed by atoms with Gasteiger partial charge in [0.15, 0.2) is 5.82 Å². The van der Waals surface area contributed by atoms with Gasteiger partial charge in [0.1, 0.15) is 18.7 Å². The molecule has 0 aliphatic carbocycles. The number of benzene rings is 1. The summed E-state index contributed by atoms with van der Waals surface area (Å²) in [6.45, 7) is 7.64. The molecule has 1 N–H and O–H groups in total. The molecule has 2 rings (SSSR count). The van der Waals surface area contributed by atoms with Gasteiger partial charge in [-0.2, -0.15) is 5.10 Å². The Morgan fingerprint density at radius 3 is 2.65 bits per heavy atom. The van der Waals surface area contributed by atoms with Gasteiger partial charge in [-0.1, -0.05) is 18.2 Å². The van der Waals surface area contributed by atoms with Crippen LogP contribution in [0.4, 0.5) is 0 Å². The Kier molecular flexibility index (Phi) is 4.39. The molecule has 1 aromatic carbocycles. The first-order valence-corrected chi connectivity index (χ1v) is 6.74. The minimum Gasteiger partial charge on any atom is -0.485 e. The highest BCUT2D eigenvalue weighted by molar-refractivity contribution is 5.33. The zero-order valence-electron chi connectivity index (χ0n) is 12.6. The second-order valence-electron chi connectivity index (χ2n) is 5.80. The SMILES string of the molecule is Cn1ncnc1COc1ccccc1CNC(C)(C)C. The molecule has 0 bridgehead atoms. The Labute approximate surface area is 120 Å². The Morgan fingerprint density at radius 2 is 2.00 bits per heavy atom. The molecule has 5 nitrogen and oxygen atoms in total. The summed E-state index contributed by atoms with van der Waals surface area (Å²) in [5, 5.41) is 7.50. The van der Waals surface area contributed by atoms with Crippen LogP contribution in [0.25, 0.3) is 0 Å². The fourth-order valence-corrected chi connectivity index (χ4v) is 1.74. The van der Waals surface area contributed by atoms with Gasteiger partial charge in [-0.05, 0) is 26.8 Å². The van der Waals surface area contributed by atoms with Gasteiger partial charge >= 0.3 is 0 Å². The van der Waals surface area contributed by atoms with Crippen molar-refractivity contribution >= 4 is 0 Å². The summed E-state index contributed by atoms with van der Waals surface area (Å²) < 4.78 is 7.58. The smallest absolute Gasteiger partial charge is 0.164 e. The van der Waals surface area contributed by atoms with E-state index in [-0.39, 0.29) is 5.54 Å². The van der Waals surface area contributed by atoms with Gasteiger partial charge in [-0.15, -0.1) is 0 Å². The van der Waals surface area contributed by atoms with Gasteiger partial charge in [0.05, 0.1) is 0 Å². The summed E-state index contributed by atoms with van der Waals surface area (Å²) in [6.07, 6.45) is 1.53. The molecule has 0 radical (unpaired) electrons. The molecule has 0 aliphatic heterocycles. The molecule has 0 unspecified atom stereocenters. The van der Waals surface area contributed by atoms with E-state index in [1.807, 2.05) is 25.2 Å². The van der Waals surface area contributed by atoms with Crippen LogP contribution < -0.4 is 10.1 Å². The van der Waals surface area contributed by atoms with Gasteiger partial charge in [-0.25, -0.2) is 4.98 Å². The Hall–Kier alpha value is -1.88. The first-order valence-electron chi connectivity index (χ1n) is 6.74. The molecule has 0 atom stereocenters. The van der Waals surface area contributed by atoms with Crippen LogP contribution in [-0.2, 0) is 20.2 Å². The van der Waals surface area contributed by atoms with Crippen LogP contribution in [0.15, 0.2) is 30.6 Å². The quantitative estimate of drug-likeness (QED) is 0.909. The second kappa shape index (κ2) is 6.05. The number of ether oxygens (including phenoxy) is 1. The van der Waals surface area contributed by atoms with Crippen molar-refractivity contribution in [2.75, 3.05) is 0 Å². The third kappa shape index (κ3) is 4.06. The van der Waals surface area contributed by atoms with Crippen molar-refractivity contribution < 1.29 is 4.74 Å². The number of nitrogens with zero attached hydrogens (tertiary/aromatic N) is 3. The highest BCUT2D eigenvalue weighted by atomic mass is 16.5. The van der Waals surface area contributed by atoms with E-state index in [0.29, 0.717) is 6.61 Å². The van der Waals surface area contributed by atoms with Crippen LogP contribution in [0.1, 0.15) is 32.2 Å². The molecule has 5 heteroatoms. The van der Waals surface area contributed by atoms with E-state index in [4.69, 9.17) is 4.74 Å². The monoisotopic (exact) mass is 274 g/mol. The first kappa shape index (κ1) is 14.5. The maximum absolute atomic E-state index is 5.86. The van der Waals surface area contributed by atoms with Gasteiger partial charge in [0.25, 0.3) is 0 Å². The van der Waals surface area contributed by atoms with Crippen molar-refractivity contribution in [2.45, 2.75) is 39.5 Å². The Bertz CT molecular complexity index is 557. The Balaban J connectivity index is 2.02. The normalized spacial score (nSPS) is 11.6. The van der Waals surface area contributed by atoms with Crippen LogP contribution in [0.5, 0.6) is 5.75 Å². The third-order valence-electron chi connectivity index (χ3n) is 2.94. The van der Waals surface area contributed by atoms with E-state index >= 15 is 0 Å². The van der Waals surface area contributed by atoms with Gasteiger partial charge < -0.3 is 10.1 Å². The van der Waals surface area contributed by atoms with E-state index in [9.17, 15) is 0 Å². The summed E-state index contributed by atoms with van der Waals surface area (Å²) in [5.41, 5.74) is 1.22. The molecule has 1 aromatic heterocycles. The van der Waals surface area contributed by atoms with Gasteiger partial charge in [0.2, 0.25) is 0 Å². The zero-order valence-corrected chi connectivity index (χ0v) is 12.6. The van der Waals surface area contributed by atoms with Gasteiger partial charge in [0, 0.05) is 24.7 Å². The van der Waals surface area contributed by atoms with Crippen LogP contribution in [0.2, 0.25) is 0 Å². The molecule has 0 amide bonds. The summed E-state index contributed by atoms with van der Waals surface area (Å²) >= 11 is 0. The van der Waals surface area contributed by atoms with Crippen molar-refractivity contribution in [2.24, 2.45) is 7.05 Å². The van der Waals surface area contributed by atoms with E-state index < -0.39 is 0 Å². The third-order valence-corrected chi connectivity index (χ3v) is 2.94. The maximum atomic E-state index is 5.86. The summed E-state index contributed by atoms with van der Waals surface area (Å²) in [5.74, 6) is 1.69. The number of hydrogen-bond donors (Lipinski definition) is 1. The lowest BCUT2D eigenvalue weighted by Crippen LogP contribution is -2.35. The first-order chi connectivity index (χ1) is 9.46. The average Bonchev–Trinajstić information content (AvgIpc) is 2.79. The summed E-state index contributed by atoms with van der Waals surface area (Å²) in [6, 6.07) is 8.06. The van der Waals surface area contributed by atoms with Crippen LogP contribution in [0, 0.1) is 0 Å². The molecule has 108 valence electrons. The molecule has 1 heterocycles. The van der Waals surface area contributed by atoms with E-state index in [1.165, 1.54) is 6.33 Å². The van der Waals surface area contributed by atoms with Crippen molar-refractivity contribution in [3.8, 4) is 5.75 Å². The van der Waals surface area contributed by atoms with Gasteiger partial charge in [-0.3, -0.25) is 4.68 Å². The number of aryl methyl sites for hydroxylation is 1. The number of rotatable bonds is 5. The highest BCUT2D eigenvalue weighted by Crippen LogP contribution is 2.19. The molecule has 0 saturated heterocycles. The fraction of sp³-hybridized carbons (Fsp3) is 0.467. The Morgan fingerprint density at radius 1 is 1.25 bits per heavy atom. The lowest BCUT2D eigenvalue weighted by atomic mass is 10.1. The maximum Gasteiger partial charge on any atom is 0.164 e. The number of para-hydroxylation sites is 1. The summed E-state index contributed by atoms with van der Waals surface area (Å²) in [7, 11) is 1.86. The highest BCUT2D eigenvalue weighted by Gasteiger charge is 2.11. The number of hydrogen-bond acceptors (Lipinski definition) is 4. The molecule has 0 saturated carbocycles. The standard InChI is InChI=1S/C15H22N4O/c1-15(2,3)17-9-12-7-5-6-8-13(12)20-10-14-16-11-18-19(14)4/h5-8,11,17H,9-10H2,1-4H3. The lowest BCUT2D eigenvalue weighted by molar-refractivity contribution is 0.284. The molecular weight excluding hydrogens is 252 g/mol. The minimum absolute atomic E-state index is 0.0801. The van der Waals surface area contributed by atoms with Crippen LogP contribution in [-0.4, -0.2) is 20.3 Å². The predicted molar refractivity (Wildman–Crippen MR) is 78.4 cm³/mol. The largest absolute Gasteiger partial charge is 0.485 e. The van der Waals surface area contributed by atoms with Crippen molar-refractivity contribution in [1.82, 2.24) is 20.1 Å². The topological polar surface area (TPSA) is 52.0 Å². The summed E-state index contributed by atoms with van der Waals surface area (Å²) in [4.78, 5) is 4.16. The molecule has 0 fully saturated rings. The van der Waals surface area contributed by atoms with Crippen molar-refractivity contribution in [1.29, 1.82) is 0 Å². The predicted octanol–water partition coefficient (Wildman–Crippen LogP) is 2.28. The number of nitrogens with one attached hydrogen (secondary N) is 1. The van der Waals surface area contributed by atoms with Crippen LogP contribution >= 0.6 is 0 Å². The molecule has 0 aliphatic rings. The average molecular weight is 274 g/mol.